The van der Waals surface area contributed by atoms with Gasteiger partial charge in [-0.25, -0.2) is 12.8 Å². The number of nitrogens with zero attached hydrogens (tertiary/aromatic N) is 1. The van der Waals surface area contributed by atoms with Gasteiger partial charge in [0, 0.05) is 18.8 Å². The third-order valence-electron chi connectivity index (χ3n) is 4.92. The van der Waals surface area contributed by atoms with Crippen LogP contribution >= 0.6 is 0 Å². The molecular weight excluding hydrogens is 379 g/mol. The molecule has 0 unspecified atom stereocenters. The molecule has 0 radical (unpaired) electrons. The highest BCUT2D eigenvalue weighted by molar-refractivity contribution is 7.89. The smallest absolute Gasteiger partial charge is 0.243 e. The second-order valence-corrected chi connectivity index (χ2v) is 9.55. The van der Waals surface area contributed by atoms with Gasteiger partial charge in [-0.15, -0.1) is 0 Å². The molecule has 2 aromatic carbocycles. The number of anilines is 1. The highest BCUT2D eigenvalue weighted by Crippen LogP contribution is 2.27. The number of halogens is 1. The summed E-state index contributed by atoms with van der Waals surface area (Å²) in [5, 5.41) is 2.68. The van der Waals surface area contributed by atoms with Crippen LogP contribution in [-0.2, 0) is 21.2 Å². The first-order chi connectivity index (χ1) is 13.3. The van der Waals surface area contributed by atoms with Crippen molar-refractivity contribution in [1.29, 1.82) is 0 Å². The summed E-state index contributed by atoms with van der Waals surface area (Å²) in [7, 11) is -3.56. The highest BCUT2D eigenvalue weighted by atomic mass is 32.2. The lowest BCUT2D eigenvalue weighted by Crippen LogP contribution is -2.42. The van der Waals surface area contributed by atoms with Crippen LogP contribution in [0.25, 0.3) is 0 Å². The van der Waals surface area contributed by atoms with Crippen molar-refractivity contribution >= 4 is 21.6 Å². The van der Waals surface area contributed by atoms with Crippen LogP contribution in [-0.4, -0.2) is 31.7 Å². The molecule has 28 heavy (non-hydrogen) atoms. The van der Waals surface area contributed by atoms with E-state index >= 15 is 0 Å². The van der Waals surface area contributed by atoms with Crippen molar-refractivity contribution in [1.82, 2.24) is 4.31 Å². The molecule has 1 fully saturated rings. The van der Waals surface area contributed by atoms with Gasteiger partial charge in [-0.1, -0.05) is 32.0 Å². The Morgan fingerprint density at radius 3 is 2.29 bits per heavy atom. The fraction of sp³-hybridized carbons (Fsp3) is 0.381. The standard InChI is InChI=1S/C21H25FN2O3S/c1-15-11-16(2)14-24(13-15)28(26,27)19-9-7-18(8-10-19)23-21(25)12-17-5-3-4-6-20(17)22/h3-10,15-16H,11-14H2,1-2H3,(H,23,25)/t15-,16+. The Morgan fingerprint density at radius 1 is 1.07 bits per heavy atom. The Morgan fingerprint density at radius 2 is 1.68 bits per heavy atom. The number of sulfonamides is 1. The predicted molar refractivity (Wildman–Crippen MR) is 107 cm³/mol. The van der Waals surface area contributed by atoms with Crippen LogP contribution in [0, 0.1) is 17.7 Å². The molecule has 1 saturated heterocycles. The fourth-order valence-electron chi connectivity index (χ4n) is 3.68. The van der Waals surface area contributed by atoms with Gasteiger partial charge in [0.2, 0.25) is 15.9 Å². The largest absolute Gasteiger partial charge is 0.326 e. The van der Waals surface area contributed by atoms with E-state index in [9.17, 15) is 17.6 Å². The summed E-state index contributed by atoms with van der Waals surface area (Å²) in [5.41, 5.74) is 0.785. The first-order valence-electron chi connectivity index (χ1n) is 9.39. The van der Waals surface area contributed by atoms with E-state index in [1.807, 2.05) is 0 Å². The molecule has 1 amide bonds. The first kappa shape index (κ1) is 20.5. The molecule has 0 spiro atoms. The number of carbonyl (C=O) groups is 1. The Bertz CT molecular complexity index is 934. The van der Waals surface area contributed by atoms with E-state index in [0.717, 1.165) is 6.42 Å². The van der Waals surface area contributed by atoms with Crippen molar-refractivity contribution in [2.45, 2.75) is 31.6 Å². The molecule has 150 valence electrons. The van der Waals surface area contributed by atoms with Gasteiger partial charge < -0.3 is 5.32 Å². The molecule has 3 rings (SSSR count). The first-order valence-corrected chi connectivity index (χ1v) is 10.8. The number of benzene rings is 2. The van der Waals surface area contributed by atoms with Crippen LogP contribution in [0.4, 0.5) is 10.1 Å². The second kappa shape index (κ2) is 8.41. The van der Waals surface area contributed by atoms with Crippen LogP contribution in [0.15, 0.2) is 53.4 Å². The van der Waals surface area contributed by atoms with Gasteiger partial charge in [-0.2, -0.15) is 4.31 Å². The van der Waals surface area contributed by atoms with Crippen molar-refractivity contribution in [3.05, 3.63) is 59.9 Å². The Balaban J connectivity index is 1.67. The van der Waals surface area contributed by atoms with E-state index in [0.29, 0.717) is 36.2 Å². The van der Waals surface area contributed by atoms with Crippen LogP contribution in [0.2, 0.25) is 0 Å². The number of hydrogen-bond acceptors (Lipinski definition) is 3. The van der Waals surface area contributed by atoms with Crippen molar-refractivity contribution in [2.75, 3.05) is 18.4 Å². The molecule has 0 aromatic heterocycles. The van der Waals surface area contributed by atoms with E-state index in [2.05, 4.69) is 19.2 Å². The van der Waals surface area contributed by atoms with E-state index in [1.165, 1.54) is 22.5 Å². The highest BCUT2D eigenvalue weighted by Gasteiger charge is 2.31. The van der Waals surface area contributed by atoms with Gasteiger partial charge >= 0.3 is 0 Å². The van der Waals surface area contributed by atoms with Gasteiger partial charge in [0.1, 0.15) is 5.82 Å². The molecule has 2 aromatic rings. The summed E-state index contributed by atoms with van der Waals surface area (Å²) < 4.78 is 41.0. The Labute approximate surface area is 165 Å². The molecule has 0 aliphatic carbocycles. The van der Waals surface area contributed by atoms with Crippen molar-refractivity contribution in [2.24, 2.45) is 11.8 Å². The van der Waals surface area contributed by atoms with Crippen molar-refractivity contribution < 1.29 is 17.6 Å². The lowest BCUT2D eigenvalue weighted by atomic mass is 9.94. The zero-order valence-electron chi connectivity index (χ0n) is 16.1. The van der Waals surface area contributed by atoms with E-state index in [1.54, 1.807) is 30.3 Å². The molecule has 1 heterocycles. The summed E-state index contributed by atoms with van der Waals surface area (Å²) in [4.78, 5) is 12.3. The average molecular weight is 405 g/mol. The Kier molecular flexibility index (Phi) is 6.15. The summed E-state index contributed by atoms with van der Waals surface area (Å²) in [6.07, 6.45) is 0.940. The molecule has 5 nitrogen and oxygen atoms in total. The van der Waals surface area contributed by atoms with E-state index < -0.39 is 15.8 Å². The van der Waals surface area contributed by atoms with Crippen LogP contribution in [0.3, 0.4) is 0 Å². The summed E-state index contributed by atoms with van der Waals surface area (Å²) in [6.45, 7) is 5.17. The van der Waals surface area contributed by atoms with Gasteiger partial charge in [0.15, 0.2) is 0 Å². The monoisotopic (exact) mass is 404 g/mol. The van der Waals surface area contributed by atoms with Gasteiger partial charge in [-0.3, -0.25) is 4.79 Å². The third-order valence-corrected chi connectivity index (χ3v) is 6.77. The molecule has 1 N–H and O–H groups in total. The topological polar surface area (TPSA) is 66.5 Å². The molecule has 7 heteroatoms. The van der Waals surface area contributed by atoms with Crippen molar-refractivity contribution in [3.8, 4) is 0 Å². The molecule has 1 aliphatic rings. The maximum Gasteiger partial charge on any atom is 0.243 e. The van der Waals surface area contributed by atoms with E-state index in [-0.39, 0.29) is 17.2 Å². The summed E-state index contributed by atoms with van der Waals surface area (Å²) in [6, 6.07) is 12.2. The van der Waals surface area contributed by atoms with E-state index in [4.69, 9.17) is 0 Å². The number of carbonyl (C=O) groups excluding carboxylic acids is 1. The van der Waals surface area contributed by atoms with Crippen LogP contribution < -0.4 is 5.32 Å². The van der Waals surface area contributed by atoms with Gasteiger partial charge in [0.25, 0.3) is 0 Å². The molecule has 0 bridgehead atoms. The van der Waals surface area contributed by atoms with Gasteiger partial charge in [-0.05, 0) is 54.2 Å². The maximum absolute atomic E-state index is 13.7. The summed E-state index contributed by atoms with van der Waals surface area (Å²) in [5.74, 6) is -0.130. The maximum atomic E-state index is 13.7. The third kappa shape index (κ3) is 4.77. The lowest BCUT2D eigenvalue weighted by molar-refractivity contribution is -0.115. The van der Waals surface area contributed by atoms with Gasteiger partial charge in [0.05, 0.1) is 11.3 Å². The zero-order valence-corrected chi connectivity index (χ0v) is 16.9. The molecule has 1 aliphatic heterocycles. The minimum atomic E-state index is -3.56. The number of rotatable bonds is 5. The SMILES string of the molecule is C[C@@H]1C[C@H](C)CN(S(=O)(=O)c2ccc(NC(=O)Cc3ccccc3F)cc2)C1. The second-order valence-electron chi connectivity index (χ2n) is 7.61. The minimum absolute atomic E-state index is 0.0870. The fourth-order valence-corrected chi connectivity index (χ4v) is 5.36. The summed E-state index contributed by atoms with van der Waals surface area (Å²) >= 11 is 0. The normalized spacial score (nSPS) is 20.7. The minimum Gasteiger partial charge on any atom is -0.326 e. The zero-order chi connectivity index (χ0) is 20.3. The predicted octanol–water partition coefficient (Wildman–Crippen LogP) is 3.67. The van der Waals surface area contributed by atoms with Crippen molar-refractivity contribution in [3.63, 3.8) is 0 Å². The quantitative estimate of drug-likeness (QED) is 0.827. The Hall–Kier alpha value is -2.25. The number of piperidine rings is 1. The molecule has 0 saturated carbocycles. The van der Waals surface area contributed by atoms with Crippen LogP contribution in [0.5, 0.6) is 0 Å². The average Bonchev–Trinajstić information content (AvgIpc) is 2.63. The number of hydrogen-bond donors (Lipinski definition) is 1. The number of amides is 1. The number of nitrogens with one attached hydrogen (secondary N) is 1. The lowest BCUT2D eigenvalue weighted by Gasteiger charge is -2.34. The van der Waals surface area contributed by atoms with Crippen LogP contribution in [0.1, 0.15) is 25.8 Å². The molecule has 2 atom stereocenters. The molecular formula is C21H25FN2O3S.